The summed E-state index contributed by atoms with van der Waals surface area (Å²) in [6.07, 6.45) is 4.48. The van der Waals surface area contributed by atoms with Gasteiger partial charge in [0.25, 0.3) is 5.91 Å². The van der Waals surface area contributed by atoms with E-state index in [0.717, 1.165) is 25.3 Å². The Kier molecular flexibility index (Phi) is 8.76. The lowest BCUT2D eigenvalue weighted by Crippen LogP contribution is -2.54. The molecule has 0 bridgehead atoms. The number of guanidine groups is 1. The van der Waals surface area contributed by atoms with Crippen LogP contribution in [-0.4, -0.2) is 93.5 Å². The van der Waals surface area contributed by atoms with E-state index in [1.807, 2.05) is 0 Å². The molecule has 0 radical (unpaired) electrons. The molecule has 0 saturated carbocycles. The Morgan fingerprint density at radius 3 is 2.31 bits per heavy atom. The van der Waals surface area contributed by atoms with Gasteiger partial charge in [0, 0.05) is 52.9 Å². The highest BCUT2D eigenvalue weighted by molar-refractivity contribution is 14.0. The van der Waals surface area contributed by atoms with E-state index in [1.165, 1.54) is 12.5 Å². The number of aliphatic imine (C=N–C) groups is 1. The van der Waals surface area contributed by atoms with Crippen molar-refractivity contribution in [1.29, 1.82) is 0 Å². The number of nitrogens with one attached hydrogen (secondary N) is 1. The van der Waals surface area contributed by atoms with Crippen LogP contribution in [0.5, 0.6) is 0 Å². The van der Waals surface area contributed by atoms with Crippen molar-refractivity contribution in [2.24, 2.45) is 10.9 Å². The highest BCUT2D eigenvalue weighted by Gasteiger charge is 2.27. The zero-order valence-electron chi connectivity index (χ0n) is 16.9. The molecule has 0 aliphatic carbocycles. The van der Waals surface area contributed by atoms with Gasteiger partial charge < -0.3 is 19.5 Å². The molecular weight excluding hydrogens is 509 g/mol. The molecule has 9 nitrogen and oxygen atoms in total. The lowest BCUT2D eigenvalue weighted by Gasteiger charge is -2.37. The first-order valence-corrected chi connectivity index (χ1v) is 11.5. The average molecular weight is 539 g/mol. The summed E-state index contributed by atoms with van der Waals surface area (Å²) < 4.78 is 30.0. The SMILES string of the molecule is CN=C(NCC1CCN(S(C)(=O)=O)CC1)N1CCN(C(=O)c2ccco2)CC1.I. The van der Waals surface area contributed by atoms with Crippen molar-refractivity contribution in [3.05, 3.63) is 24.2 Å². The van der Waals surface area contributed by atoms with E-state index in [-0.39, 0.29) is 29.9 Å². The van der Waals surface area contributed by atoms with Gasteiger partial charge in [-0.15, -0.1) is 24.0 Å². The Bertz CT molecular complexity index is 783. The van der Waals surface area contributed by atoms with Crippen LogP contribution in [0.3, 0.4) is 0 Å². The van der Waals surface area contributed by atoms with Crippen molar-refractivity contribution in [3.8, 4) is 0 Å². The molecule has 0 atom stereocenters. The quantitative estimate of drug-likeness (QED) is 0.347. The van der Waals surface area contributed by atoms with Gasteiger partial charge in [0.1, 0.15) is 0 Å². The molecule has 2 saturated heterocycles. The minimum absolute atomic E-state index is 0. The van der Waals surface area contributed by atoms with Crippen molar-refractivity contribution >= 4 is 45.9 Å². The van der Waals surface area contributed by atoms with Crippen LogP contribution in [0.15, 0.2) is 27.8 Å². The summed E-state index contributed by atoms with van der Waals surface area (Å²) in [7, 11) is -1.33. The first-order chi connectivity index (χ1) is 13.4. The minimum atomic E-state index is -3.09. The highest BCUT2D eigenvalue weighted by atomic mass is 127. The molecule has 1 N–H and O–H groups in total. The smallest absolute Gasteiger partial charge is 0.289 e. The summed E-state index contributed by atoms with van der Waals surface area (Å²) >= 11 is 0. The third-order valence-corrected chi connectivity index (χ3v) is 6.70. The zero-order valence-corrected chi connectivity index (χ0v) is 20.1. The molecular formula is C18H30IN5O4S. The van der Waals surface area contributed by atoms with E-state index in [0.29, 0.717) is 50.9 Å². The molecule has 2 fully saturated rings. The first-order valence-electron chi connectivity index (χ1n) is 9.62. The molecule has 1 aromatic rings. The third kappa shape index (κ3) is 6.32. The standard InChI is InChI=1S/C18H29N5O4S.HI/c1-19-18(20-14-15-5-7-23(8-6-15)28(2,25)26)22-11-9-21(10-12-22)17(24)16-4-3-13-27-16;/h3-4,13,15H,5-12,14H2,1-2H3,(H,19,20);1H. The summed E-state index contributed by atoms with van der Waals surface area (Å²) in [5, 5.41) is 3.42. The first kappa shape index (κ1) is 23.9. The monoisotopic (exact) mass is 539 g/mol. The summed E-state index contributed by atoms with van der Waals surface area (Å²) in [4.78, 5) is 20.7. The highest BCUT2D eigenvalue weighted by Crippen LogP contribution is 2.18. The van der Waals surface area contributed by atoms with E-state index in [4.69, 9.17) is 4.42 Å². The molecule has 1 amide bonds. The average Bonchev–Trinajstić information content (AvgIpc) is 3.23. The molecule has 0 spiro atoms. The fraction of sp³-hybridized carbons (Fsp3) is 0.667. The van der Waals surface area contributed by atoms with Crippen LogP contribution in [0.25, 0.3) is 0 Å². The maximum atomic E-state index is 12.4. The van der Waals surface area contributed by atoms with Gasteiger partial charge in [0.15, 0.2) is 11.7 Å². The summed E-state index contributed by atoms with van der Waals surface area (Å²) in [5.41, 5.74) is 0. The van der Waals surface area contributed by atoms with E-state index >= 15 is 0 Å². The number of carbonyl (C=O) groups is 1. The van der Waals surface area contributed by atoms with Crippen molar-refractivity contribution in [3.63, 3.8) is 0 Å². The number of hydrogen-bond donors (Lipinski definition) is 1. The third-order valence-electron chi connectivity index (χ3n) is 5.40. The molecule has 164 valence electrons. The van der Waals surface area contributed by atoms with Gasteiger partial charge in [0.05, 0.1) is 12.5 Å². The van der Waals surface area contributed by atoms with Crippen LogP contribution in [0.4, 0.5) is 0 Å². The Morgan fingerprint density at radius 1 is 1.17 bits per heavy atom. The van der Waals surface area contributed by atoms with Gasteiger partial charge in [0.2, 0.25) is 10.0 Å². The molecule has 29 heavy (non-hydrogen) atoms. The molecule has 0 unspecified atom stereocenters. The fourth-order valence-corrected chi connectivity index (χ4v) is 4.56. The van der Waals surface area contributed by atoms with E-state index < -0.39 is 10.0 Å². The second-order valence-corrected chi connectivity index (χ2v) is 9.27. The Hall–Kier alpha value is -1.34. The predicted molar refractivity (Wildman–Crippen MR) is 122 cm³/mol. The Balaban J connectivity index is 0.00000300. The summed E-state index contributed by atoms with van der Waals surface area (Å²) in [6.45, 7) is 4.59. The maximum Gasteiger partial charge on any atom is 0.289 e. The number of piperidine rings is 1. The van der Waals surface area contributed by atoms with Crippen LogP contribution in [0, 0.1) is 5.92 Å². The minimum Gasteiger partial charge on any atom is -0.459 e. The topological polar surface area (TPSA) is 98.5 Å². The van der Waals surface area contributed by atoms with Gasteiger partial charge in [-0.25, -0.2) is 12.7 Å². The van der Waals surface area contributed by atoms with Gasteiger partial charge in [-0.2, -0.15) is 0 Å². The number of halogens is 1. The molecule has 2 aliphatic rings. The number of carbonyl (C=O) groups excluding carboxylic acids is 1. The number of piperazine rings is 1. The molecule has 2 aliphatic heterocycles. The zero-order chi connectivity index (χ0) is 20.1. The van der Waals surface area contributed by atoms with Crippen LogP contribution < -0.4 is 5.32 Å². The van der Waals surface area contributed by atoms with Crippen molar-refractivity contribution < 1.29 is 17.6 Å². The van der Waals surface area contributed by atoms with Crippen molar-refractivity contribution in [2.45, 2.75) is 12.8 Å². The van der Waals surface area contributed by atoms with Crippen LogP contribution in [0.2, 0.25) is 0 Å². The second-order valence-electron chi connectivity index (χ2n) is 7.29. The lowest BCUT2D eigenvalue weighted by atomic mass is 9.98. The number of sulfonamides is 1. The van der Waals surface area contributed by atoms with Gasteiger partial charge >= 0.3 is 0 Å². The molecule has 3 heterocycles. The number of furan rings is 1. The van der Waals surface area contributed by atoms with Crippen LogP contribution >= 0.6 is 24.0 Å². The van der Waals surface area contributed by atoms with E-state index in [2.05, 4.69) is 15.2 Å². The molecule has 0 aromatic carbocycles. The van der Waals surface area contributed by atoms with Crippen LogP contribution in [0.1, 0.15) is 23.4 Å². The Labute approximate surface area is 189 Å². The van der Waals surface area contributed by atoms with Gasteiger partial charge in [-0.05, 0) is 30.9 Å². The number of nitrogens with zero attached hydrogens (tertiary/aromatic N) is 4. The molecule has 1 aromatic heterocycles. The predicted octanol–water partition coefficient (Wildman–Crippen LogP) is 0.902. The Morgan fingerprint density at radius 2 is 1.79 bits per heavy atom. The maximum absolute atomic E-state index is 12.4. The summed E-state index contributed by atoms with van der Waals surface area (Å²) in [6, 6.07) is 3.40. The lowest BCUT2D eigenvalue weighted by molar-refractivity contribution is 0.0657. The summed E-state index contributed by atoms with van der Waals surface area (Å²) in [5.74, 6) is 1.55. The number of amides is 1. The number of rotatable bonds is 4. The molecule has 3 rings (SSSR count). The van der Waals surface area contributed by atoms with E-state index in [9.17, 15) is 13.2 Å². The van der Waals surface area contributed by atoms with Crippen molar-refractivity contribution in [2.75, 3.05) is 59.1 Å². The fourth-order valence-electron chi connectivity index (χ4n) is 3.69. The second kappa shape index (κ2) is 10.6. The van der Waals surface area contributed by atoms with Gasteiger partial charge in [-0.1, -0.05) is 0 Å². The van der Waals surface area contributed by atoms with Gasteiger partial charge in [-0.3, -0.25) is 9.79 Å². The molecule has 11 heteroatoms. The largest absolute Gasteiger partial charge is 0.459 e. The normalized spacial score (nSPS) is 19.7. The van der Waals surface area contributed by atoms with E-state index in [1.54, 1.807) is 28.4 Å². The number of hydrogen-bond acceptors (Lipinski definition) is 5. The van der Waals surface area contributed by atoms with Crippen molar-refractivity contribution in [1.82, 2.24) is 19.4 Å². The van der Waals surface area contributed by atoms with Crippen LogP contribution in [-0.2, 0) is 10.0 Å².